The fourth-order valence-corrected chi connectivity index (χ4v) is 5.29. The number of rotatable bonds is 6. The number of thiazole rings is 1. The van der Waals surface area contributed by atoms with E-state index in [9.17, 15) is 14.9 Å². The van der Waals surface area contributed by atoms with Crippen molar-refractivity contribution in [1.29, 1.82) is 0 Å². The summed E-state index contributed by atoms with van der Waals surface area (Å²) in [4.78, 5) is 37.8. The summed E-state index contributed by atoms with van der Waals surface area (Å²) >= 11 is 7.65. The Morgan fingerprint density at radius 3 is 2.75 bits per heavy atom. The van der Waals surface area contributed by atoms with Gasteiger partial charge < -0.3 is 9.64 Å². The average molecular weight is 524 g/mol. The number of carbonyl (C=O) groups is 1. The molecule has 3 heterocycles. The molecule has 11 heteroatoms. The first kappa shape index (κ1) is 24.1. The molecule has 5 rings (SSSR count). The first-order valence-corrected chi connectivity index (χ1v) is 12.5. The maximum absolute atomic E-state index is 13.8. The van der Waals surface area contributed by atoms with Crippen LogP contribution in [0.25, 0.3) is 10.2 Å². The first-order valence-electron chi connectivity index (χ1n) is 11.3. The number of ether oxygens (including phenoxy) is 1. The minimum absolute atomic E-state index is 0.118. The molecule has 0 spiro atoms. The molecule has 1 aliphatic rings. The van der Waals surface area contributed by atoms with Crippen LogP contribution in [0, 0.1) is 17.0 Å². The van der Waals surface area contributed by atoms with Gasteiger partial charge in [-0.05, 0) is 48.9 Å². The molecule has 0 N–H and O–H groups in total. The highest BCUT2D eigenvalue weighted by atomic mass is 35.5. The molecule has 1 amide bonds. The zero-order chi connectivity index (χ0) is 25.2. The molecule has 0 aliphatic carbocycles. The van der Waals surface area contributed by atoms with Gasteiger partial charge in [-0.25, -0.2) is 4.98 Å². The Kier molecular flexibility index (Phi) is 6.82. The van der Waals surface area contributed by atoms with E-state index >= 15 is 0 Å². The van der Waals surface area contributed by atoms with Gasteiger partial charge in [0.1, 0.15) is 5.69 Å². The monoisotopic (exact) mass is 523 g/mol. The van der Waals surface area contributed by atoms with Gasteiger partial charge in [0.05, 0.1) is 40.6 Å². The zero-order valence-corrected chi connectivity index (χ0v) is 21.0. The van der Waals surface area contributed by atoms with Crippen molar-refractivity contribution in [2.24, 2.45) is 0 Å². The fourth-order valence-electron chi connectivity index (χ4n) is 4.11. The van der Waals surface area contributed by atoms with Crippen molar-refractivity contribution in [3.8, 4) is 0 Å². The van der Waals surface area contributed by atoms with Crippen LogP contribution in [0.3, 0.4) is 0 Å². The molecule has 4 aromatic rings. The fraction of sp³-hybridized carbons (Fsp3) is 0.240. The van der Waals surface area contributed by atoms with Gasteiger partial charge in [0.25, 0.3) is 11.6 Å². The molecule has 1 aliphatic heterocycles. The van der Waals surface area contributed by atoms with Gasteiger partial charge in [0.15, 0.2) is 5.13 Å². The number of benzene rings is 2. The molecule has 1 fully saturated rings. The number of nitrogens with zero attached hydrogens (tertiary/aromatic N) is 5. The second kappa shape index (κ2) is 10.2. The number of morpholine rings is 1. The summed E-state index contributed by atoms with van der Waals surface area (Å²) in [5, 5.41) is 13.0. The summed E-state index contributed by atoms with van der Waals surface area (Å²) in [6.45, 7) is 4.13. The van der Waals surface area contributed by atoms with Crippen LogP contribution in [-0.2, 0) is 11.3 Å². The normalized spacial score (nSPS) is 13.7. The van der Waals surface area contributed by atoms with E-state index in [1.165, 1.54) is 22.3 Å². The molecule has 0 unspecified atom stereocenters. The molecular formula is C25H22ClN5O4S. The van der Waals surface area contributed by atoms with Gasteiger partial charge in [-0.2, -0.15) is 0 Å². The number of carbonyl (C=O) groups excluding carboxylic acids is 1. The lowest BCUT2D eigenvalue weighted by molar-refractivity contribution is -0.384. The number of amides is 1. The van der Waals surface area contributed by atoms with Crippen molar-refractivity contribution in [2.45, 2.75) is 13.5 Å². The van der Waals surface area contributed by atoms with Crippen LogP contribution in [0.4, 0.5) is 16.5 Å². The third kappa shape index (κ3) is 4.75. The Balaban J connectivity index is 1.56. The van der Waals surface area contributed by atoms with E-state index in [0.717, 1.165) is 15.8 Å². The van der Waals surface area contributed by atoms with Gasteiger partial charge in [-0.15, -0.1) is 0 Å². The van der Waals surface area contributed by atoms with Crippen molar-refractivity contribution < 1.29 is 14.5 Å². The molecule has 0 saturated carbocycles. The van der Waals surface area contributed by atoms with E-state index < -0.39 is 10.8 Å². The zero-order valence-electron chi connectivity index (χ0n) is 19.4. The second-order valence-corrected chi connectivity index (χ2v) is 9.70. The minimum Gasteiger partial charge on any atom is -0.378 e. The maximum Gasteiger partial charge on any atom is 0.293 e. The number of aryl methyl sites for hydroxylation is 1. The van der Waals surface area contributed by atoms with Gasteiger partial charge in [-0.3, -0.25) is 24.8 Å². The molecule has 2 aromatic heterocycles. The summed E-state index contributed by atoms with van der Waals surface area (Å²) in [7, 11) is 0. The summed E-state index contributed by atoms with van der Waals surface area (Å²) in [5.41, 5.74) is 2.76. The van der Waals surface area contributed by atoms with Gasteiger partial charge in [0.2, 0.25) is 0 Å². The quantitative estimate of drug-likeness (QED) is 0.251. The number of aromatic nitrogens is 2. The molecule has 36 heavy (non-hydrogen) atoms. The molecule has 184 valence electrons. The van der Waals surface area contributed by atoms with Gasteiger partial charge >= 0.3 is 0 Å². The third-order valence-electron chi connectivity index (χ3n) is 6.03. The Morgan fingerprint density at radius 2 is 2.03 bits per heavy atom. The number of anilines is 2. The van der Waals surface area contributed by atoms with Gasteiger partial charge in [-0.1, -0.05) is 29.0 Å². The van der Waals surface area contributed by atoms with E-state index in [4.69, 9.17) is 21.3 Å². The predicted octanol–water partition coefficient (Wildman–Crippen LogP) is 5.24. The second-order valence-electron chi connectivity index (χ2n) is 8.29. The summed E-state index contributed by atoms with van der Waals surface area (Å²) < 4.78 is 6.26. The lowest BCUT2D eigenvalue weighted by Crippen LogP contribution is -2.36. The number of pyridine rings is 1. The van der Waals surface area contributed by atoms with Crippen molar-refractivity contribution >= 4 is 55.6 Å². The van der Waals surface area contributed by atoms with Crippen molar-refractivity contribution in [2.75, 3.05) is 36.1 Å². The van der Waals surface area contributed by atoms with Crippen LogP contribution >= 0.6 is 22.9 Å². The molecule has 0 radical (unpaired) electrons. The lowest BCUT2D eigenvalue weighted by atomic mass is 10.1. The smallest absolute Gasteiger partial charge is 0.293 e. The Bertz CT molecular complexity index is 1440. The lowest BCUT2D eigenvalue weighted by Gasteiger charge is -2.28. The topological polar surface area (TPSA) is 102 Å². The van der Waals surface area contributed by atoms with Crippen molar-refractivity contribution in [3.05, 3.63) is 86.7 Å². The van der Waals surface area contributed by atoms with E-state index in [2.05, 4.69) is 4.98 Å². The largest absolute Gasteiger partial charge is 0.378 e. The number of nitro benzene ring substituents is 1. The Labute approximate surface area is 216 Å². The number of nitro groups is 1. The van der Waals surface area contributed by atoms with Crippen molar-refractivity contribution in [1.82, 2.24) is 9.97 Å². The third-order valence-corrected chi connectivity index (χ3v) is 7.48. The highest BCUT2D eigenvalue weighted by molar-refractivity contribution is 7.22. The number of fused-ring (bicyclic) bond motifs is 1. The van der Waals surface area contributed by atoms with Crippen molar-refractivity contribution in [3.63, 3.8) is 0 Å². The Morgan fingerprint density at radius 1 is 1.22 bits per heavy atom. The van der Waals surface area contributed by atoms with Crippen LogP contribution in [0.5, 0.6) is 0 Å². The van der Waals surface area contributed by atoms with Crippen LogP contribution < -0.4 is 9.80 Å². The Hall–Kier alpha value is -3.60. The summed E-state index contributed by atoms with van der Waals surface area (Å²) in [6, 6.07) is 13.7. The highest BCUT2D eigenvalue weighted by Gasteiger charge is 2.27. The van der Waals surface area contributed by atoms with E-state index in [-0.39, 0.29) is 17.8 Å². The number of halogens is 1. The number of hydrogen-bond donors (Lipinski definition) is 0. The average Bonchev–Trinajstić information content (AvgIpc) is 3.34. The minimum atomic E-state index is -0.451. The van der Waals surface area contributed by atoms with Crippen LogP contribution in [0.1, 0.15) is 21.6 Å². The van der Waals surface area contributed by atoms with Gasteiger partial charge in [0, 0.05) is 35.9 Å². The maximum atomic E-state index is 13.8. The molecule has 9 nitrogen and oxygen atoms in total. The summed E-state index contributed by atoms with van der Waals surface area (Å²) in [6.07, 6.45) is 1.65. The molecular weight excluding hydrogens is 502 g/mol. The molecule has 0 bridgehead atoms. The van der Waals surface area contributed by atoms with Crippen LogP contribution in [-0.4, -0.2) is 47.1 Å². The molecule has 0 atom stereocenters. The van der Waals surface area contributed by atoms with E-state index in [1.807, 2.05) is 30.0 Å². The number of hydrogen-bond acceptors (Lipinski definition) is 8. The SMILES string of the molecule is Cc1c(Cl)ccc2sc(N(Cc3ccccn3)C(=O)c3ccc(N4CCOCC4)c([N+](=O)[O-])c3)nc12. The highest BCUT2D eigenvalue weighted by Crippen LogP contribution is 2.36. The first-order chi connectivity index (χ1) is 17.4. The summed E-state index contributed by atoms with van der Waals surface area (Å²) in [5.74, 6) is -0.403. The predicted molar refractivity (Wildman–Crippen MR) is 140 cm³/mol. The van der Waals surface area contributed by atoms with E-state index in [1.54, 1.807) is 30.5 Å². The molecule has 2 aromatic carbocycles. The van der Waals surface area contributed by atoms with E-state index in [0.29, 0.717) is 47.8 Å². The van der Waals surface area contributed by atoms with Crippen LogP contribution in [0.2, 0.25) is 5.02 Å². The van der Waals surface area contributed by atoms with Crippen LogP contribution in [0.15, 0.2) is 54.7 Å². The molecule has 1 saturated heterocycles. The standard InChI is InChI=1S/C25H22ClN5O4S/c1-16-19(26)6-8-22-23(16)28-25(36-22)30(15-18-4-2-3-9-27-18)24(32)17-5-7-20(21(14-17)31(33)34)29-10-12-35-13-11-29/h2-9,14H,10-13,15H2,1H3.